The Bertz CT molecular complexity index is 253. The number of hydrogen-bond donors (Lipinski definition) is 1. The number of carboxylic acid groups (broad SMARTS) is 1. The molecule has 15 heavy (non-hydrogen) atoms. The number of carboxylic acids is 1. The van der Waals surface area contributed by atoms with Crippen LogP contribution < -0.4 is 0 Å². The van der Waals surface area contributed by atoms with Crippen molar-refractivity contribution in [1.82, 2.24) is 4.90 Å². The fraction of sp³-hybridized carbons (Fsp3) is 0.600. The van der Waals surface area contributed by atoms with Crippen LogP contribution in [0.5, 0.6) is 0 Å². The lowest BCUT2D eigenvalue weighted by molar-refractivity contribution is -0.132. The molecule has 0 aliphatic heterocycles. The second kappa shape index (κ2) is 7.34. The zero-order valence-electron chi connectivity index (χ0n) is 9.27. The van der Waals surface area contributed by atoms with E-state index < -0.39 is 5.97 Å². The Balaban J connectivity index is 4.12. The van der Waals surface area contributed by atoms with Crippen LogP contribution in [0.4, 0.5) is 0 Å². The molecule has 0 radical (unpaired) electrons. The van der Waals surface area contributed by atoms with E-state index in [1.165, 1.54) is 0 Å². The number of aliphatic carboxylic acids is 1. The fourth-order valence-electron chi connectivity index (χ4n) is 0.959. The molecule has 4 nitrogen and oxygen atoms in total. The summed E-state index contributed by atoms with van der Waals surface area (Å²) < 4.78 is 0. The lowest BCUT2D eigenvalue weighted by atomic mass is 10.2. The molecule has 0 heterocycles. The molecular formula is C10H17NO3S. The van der Waals surface area contributed by atoms with Gasteiger partial charge in [0.15, 0.2) is 0 Å². The molecule has 0 bridgehead atoms. The Morgan fingerprint density at radius 3 is 2.53 bits per heavy atom. The van der Waals surface area contributed by atoms with E-state index in [1.807, 2.05) is 13.2 Å². The highest BCUT2D eigenvalue weighted by atomic mass is 32.2. The van der Waals surface area contributed by atoms with Gasteiger partial charge in [-0.15, -0.1) is 0 Å². The molecule has 0 rings (SSSR count). The van der Waals surface area contributed by atoms with Gasteiger partial charge in [0.25, 0.3) is 0 Å². The van der Waals surface area contributed by atoms with Gasteiger partial charge in [-0.25, -0.2) is 4.79 Å². The molecule has 0 aromatic carbocycles. The van der Waals surface area contributed by atoms with Crippen molar-refractivity contribution in [3.8, 4) is 0 Å². The molecule has 0 aliphatic rings. The monoisotopic (exact) mass is 231 g/mol. The molecule has 0 saturated carbocycles. The summed E-state index contributed by atoms with van der Waals surface area (Å²) in [6, 6.07) is 0.128. The van der Waals surface area contributed by atoms with Crippen LogP contribution in [0.1, 0.15) is 13.3 Å². The molecular weight excluding hydrogens is 214 g/mol. The third kappa shape index (κ3) is 6.17. The third-order valence-electron chi connectivity index (χ3n) is 2.12. The van der Waals surface area contributed by atoms with Crippen molar-refractivity contribution in [2.75, 3.05) is 19.1 Å². The maximum atomic E-state index is 11.4. The largest absolute Gasteiger partial charge is 0.478 e. The third-order valence-corrected chi connectivity index (χ3v) is 2.76. The molecule has 0 fully saturated rings. The van der Waals surface area contributed by atoms with E-state index in [0.717, 1.165) is 24.3 Å². The molecule has 0 aromatic rings. The Labute approximate surface area is 94.3 Å². The molecule has 1 N–H and O–H groups in total. The van der Waals surface area contributed by atoms with Gasteiger partial charge in [0.05, 0.1) is 0 Å². The minimum absolute atomic E-state index is 0.128. The zero-order valence-corrected chi connectivity index (χ0v) is 10.1. The molecule has 1 amide bonds. The van der Waals surface area contributed by atoms with Crippen LogP contribution in [0.2, 0.25) is 0 Å². The first-order chi connectivity index (χ1) is 6.99. The van der Waals surface area contributed by atoms with E-state index in [1.54, 1.807) is 23.7 Å². The average molecular weight is 231 g/mol. The Hall–Kier alpha value is -0.970. The molecule has 1 unspecified atom stereocenters. The van der Waals surface area contributed by atoms with E-state index in [-0.39, 0.29) is 11.9 Å². The highest BCUT2D eigenvalue weighted by Crippen LogP contribution is 2.06. The van der Waals surface area contributed by atoms with Crippen LogP contribution in [-0.4, -0.2) is 47.0 Å². The second-order valence-corrected chi connectivity index (χ2v) is 4.24. The summed E-state index contributed by atoms with van der Waals surface area (Å²) in [5.74, 6) is -0.388. The second-order valence-electron chi connectivity index (χ2n) is 3.25. The van der Waals surface area contributed by atoms with Gasteiger partial charge >= 0.3 is 5.97 Å². The maximum Gasteiger partial charge on any atom is 0.328 e. The van der Waals surface area contributed by atoms with Crippen molar-refractivity contribution in [1.29, 1.82) is 0 Å². The molecule has 5 heteroatoms. The van der Waals surface area contributed by atoms with Crippen LogP contribution >= 0.6 is 11.8 Å². The lowest BCUT2D eigenvalue weighted by Gasteiger charge is -2.23. The van der Waals surface area contributed by atoms with Gasteiger partial charge in [0.1, 0.15) is 0 Å². The van der Waals surface area contributed by atoms with Gasteiger partial charge in [-0.05, 0) is 25.4 Å². The first kappa shape index (κ1) is 14.0. The zero-order chi connectivity index (χ0) is 11.8. The van der Waals surface area contributed by atoms with E-state index >= 15 is 0 Å². The van der Waals surface area contributed by atoms with Gasteiger partial charge < -0.3 is 10.0 Å². The summed E-state index contributed by atoms with van der Waals surface area (Å²) in [6.07, 6.45) is 4.86. The molecule has 86 valence electrons. The number of carbonyl (C=O) groups is 2. The summed E-state index contributed by atoms with van der Waals surface area (Å²) in [4.78, 5) is 23.2. The summed E-state index contributed by atoms with van der Waals surface area (Å²) in [7, 11) is 1.68. The number of hydrogen-bond acceptors (Lipinski definition) is 3. The van der Waals surface area contributed by atoms with Crippen LogP contribution in [0, 0.1) is 0 Å². The highest BCUT2D eigenvalue weighted by Gasteiger charge is 2.12. The molecule has 0 aliphatic carbocycles. The minimum atomic E-state index is -1.10. The van der Waals surface area contributed by atoms with Gasteiger partial charge in [0, 0.05) is 25.2 Å². The maximum absolute atomic E-state index is 11.4. The van der Waals surface area contributed by atoms with E-state index in [9.17, 15) is 9.59 Å². The number of likely N-dealkylation sites (N-methyl/N-ethyl adjacent to an activating group) is 1. The standard InChI is InChI=1S/C10H17NO3S/c1-8(6-7-15-3)11(2)9(12)4-5-10(13)14/h4-5,8H,6-7H2,1-3H3,(H,13,14)/b5-4+. The molecule has 0 aromatic heterocycles. The minimum Gasteiger partial charge on any atom is -0.478 e. The Morgan fingerprint density at radius 2 is 2.07 bits per heavy atom. The van der Waals surface area contributed by atoms with Crippen molar-refractivity contribution in [2.24, 2.45) is 0 Å². The van der Waals surface area contributed by atoms with Gasteiger partial charge in [-0.3, -0.25) is 4.79 Å². The molecule has 0 spiro atoms. The van der Waals surface area contributed by atoms with Gasteiger partial charge in [0.2, 0.25) is 5.91 Å². The van der Waals surface area contributed by atoms with E-state index in [2.05, 4.69) is 0 Å². The van der Waals surface area contributed by atoms with Crippen LogP contribution in [-0.2, 0) is 9.59 Å². The Morgan fingerprint density at radius 1 is 1.47 bits per heavy atom. The van der Waals surface area contributed by atoms with E-state index in [4.69, 9.17) is 5.11 Å². The Kier molecular flexibility index (Phi) is 6.86. The lowest BCUT2D eigenvalue weighted by Crippen LogP contribution is -2.34. The van der Waals surface area contributed by atoms with Crippen LogP contribution in [0.25, 0.3) is 0 Å². The van der Waals surface area contributed by atoms with Crippen molar-refractivity contribution in [3.05, 3.63) is 12.2 Å². The summed E-state index contributed by atoms with van der Waals surface area (Å²) in [5, 5.41) is 8.36. The van der Waals surface area contributed by atoms with E-state index in [0.29, 0.717) is 0 Å². The highest BCUT2D eigenvalue weighted by molar-refractivity contribution is 7.98. The van der Waals surface area contributed by atoms with Crippen molar-refractivity contribution in [2.45, 2.75) is 19.4 Å². The smallest absolute Gasteiger partial charge is 0.328 e. The van der Waals surface area contributed by atoms with Crippen molar-refractivity contribution in [3.63, 3.8) is 0 Å². The predicted octanol–water partition coefficient (Wildman–Crippen LogP) is 1.23. The first-order valence-electron chi connectivity index (χ1n) is 4.65. The SMILES string of the molecule is CSCCC(C)N(C)C(=O)/C=C/C(=O)O. The number of carbonyl (C=O) groups excluding carboxylic acids is 1. The fourth-order valence-corrected chi connectivity index (χ4v) is 1.54. The van der Waals surface area contributed by atoms with Crippen molar-refractivity contribution >= 4 is 23.6 Å². The molecule has 0 saturated heterocycles. The normalized spacial score (nSPS) is 12.7. The summed E-state index contributed by atoms with van der Waals surface area (Å²) in [5.41, 5.74) is 0. The number of rotatable bonds is 6. The number of nitrogens with zero attached hydrogens (tertiary/aromatic N) is 1. The van der Waals surface area contributed by atoms with Gasteiger partial charge in [-0.1, -0.05) is 0 Å². The molecule has 1 atom stereocenters. The summed E-state index contributed by atoms with van der Waals surface area (Å²) in [6.45, 7) is 1.95. The number of thioether (sulfide) groups is 1. The first-order valence-corrected chi connectivity index (χ1v) is 6.05. The van der Waals surface area contributed by atoms with Crippen LogP contribution in [0.15, 0.2) is 12.2 Å². The average Bonchev–Trinajstić information content (AvgIpc) is 2.21. The summed E-state index contributed by atoms with van der Waals surface area (Å²) >= 11 is 1.73. The topological polar surface area (TPSA) is 57.6 Å². The van der Waals surface area contributed by atoms with Crippen molar-refractivity contribution < 1.29 is 14.7 Å². The van der Waals surface area contributed by atoms with Crippen LogP contribution in [0.3, 0.4) is 0 Å². The van der Waals surface area contributed by atoms with Gasteiger partial charge in [-0.2, -0.15) is 11.8 Å². The quantitative estimate of drug-likeness (QED) is 0.698. The number of amides is 1. The predicted molar refractivity (Wildman–Crippen MR) is 62.0 cm³/mol.